The smallest absolute Gasteiger partial charge is 0.330 e. The van der Waals surface area contributed by atoms with Crippen molar-refractivity contribution < 1.29 is 38.7 Å². The number of hydrogen-bond donors (Lipinski definition) is 2. The molecule has 1 aromatic rings. The number of carbonyl (C=O) groups is 2. The van der Waals surface area contributed by atoms with Crippen LogP contribution in [0, 0.1) is 0 Å². The minimum Gasteiger partial charge on any atom is -0.493 e. The fraction of sp³-hybridized carbons (Fsp3) is 0.778. The first-order valence-corrected chi connectivity index (χ1v) is 21.7. The minimum atomic E-state index is -0.443. The lowest BCUT2D eigenvalue weighted by Crippen LogP contribution is -2.38. The number of nitrogens with zero attached hydrogens (tertiary/aromatic N) is 2. The molecular weight excluding hydrogens is 697 g/mol. The van der Waals surface area contributed by atoms with Crippen molar-refractivity contribution >= 4 is 18.0 Å². The van der Waals surface area contributed by atoms with Gasteiger partial charge >= 0.3 is 11.9 Å². The van der Waals surface area contributed by atoms with Crippen LogP contribution >= 0.6 is 0 Å². The van der Waals surface area contributed by atoms with Gasteiger partial charge in [0.1, 0.15) is 0 Å². The molecule has 0 amide bonds. The summed E-state index contributed by atoms with van der Waals surface area (Å²) in [5.74, 6) is -0.0325. The second-order valence-electron chi connectivity index (χ2n) is 15.4. The topological polar surface area (TPSA) is 118 Å². The third-order valence-electron chi connectivity index (χ3n) is 9.93. The lowest BCUT2D eigenvalue weighted by atomic mass is 10.0. The maximum Gasteiger partial charge on any atom is 0.330 e. The molecule has 0 bridgehead atoms. The van der Waals surface area contributed by atoms with Crippen LogP contribution < -0.4 is 14.2 Å². The van der Waals surface area contributed by atoms with Crippen molar-refractivity contribution in [2.24, 2.45) is 0 Å². The molecular formula is C45H80N2O8. The van der Waals surface area contributed by atoms with E-state index in [1.165, 1.54) is 97.3 Å². The van der Waals surface area contributed by atoms with Gasteiger partial charge in [0.15, 0.2) is 11.5 Å². The summed E-state index contributed by atoms with van der Waals surface area (Å²) in [6, 6.07) is 3.35. The molecule has 2 unspecified atom stereocenters. The maximum atomic E-state index is 13.0. The monoisotopic (exact) mass is 777 g/mol. The zero-order valence-electron chi connectivity index (χ0n) is 35.8. The van der Waals surface area contributed by atoms with Crippen molar-refractivity contribution in [2.45, 2.75) is 167 Å². The van der Waals surface area contributed by atoms with Crippen LogP contribution in [-0.4, -0.2) is 105 Å². The van der Waals surface area contributed by atoms with Crippen molar-refractivity contribution in [3.05, 3.63) is 23.8 Å². The van der Waals surface area contributed by atoms with E-state index in [0.29, 0.717) is 49.7 Å². The van der Waals surface area contributed by atoms with Gasteiger partial charge in [-0.3, -0.25) is 9.69 Å². The van der Waals surface area contributed by atoms with E-state index < -0.39 is 24.1 Å². The summed E-state index contributed by atoms with van der Waals surface area (Å²) in [7, 11) is 6.91. The van der Waals surface area contributed by atoms with Crippen LogP contribution in [0.5, 0.6) is 17.2 Å². The fourth-order valence-electron chi connectivity index (χ4n) is 6.70. The van der Waals surface area contributed by atoms with E-state index in [-0.39, 0.29) is 12.2 Å². The Hall–Kier alpha value is -2.66. The second-order valence-corrected chi connectivity index (χ2v) is 15.4. The molecule has 0 fully saturated rings. The first-order valence-electron chi connectivity index (χ1n) is 21.7. The van der Waals surface area contributed by atoms with Gasteiger partial charge in [0.25, 0.3) is 0 Å². The zero-order chi connectivity index (χ0) is 40.5. The molecule has 10 nitrogen and oxygen atoms in total. The molecule has 2 atom stereocenters. The molecule has 10 heteroatoms. The molecule has 1 aromatic carbocycles. The van der Waals surface area contributed by atoms with E-state index in [2.05, 4.69) is 18.7 Å². The van der Waals surface area contributed by atoms with E-state index in [0.717, 1.165) is 57.9 Å². The molecule has 2 N–H and O–H groups in total. The molecule has 0 radical (unpaired) electrons. The molecule has 55 heavy (non-hydrogen) atoms. The summed E-state index contributed by atoms with van der Waals surface area (Å²) in [5, 5.41) is 21.9. The molecule has 0 saturated heterocycles. The lowest BCUT2D eigenvalue weighted by molar-refractivity contribution is -0.138. The largest absolute Gasteiger partial charge is 0.493 e. The maximum absolute atomic E-state index is 13.0. The number of aliphatic hydroxyl groups excluding tert-OH is 2. The number of benzene rings is 1. The number of rotatable bonds is 36. The van der Waals surface area contributed by atoms with Gasteiger partial charge in [-0.25, -0.2) is 4.79 Å². The van der Waals surface area contributed by atoms with Gasteiger partial charge in [-0.1, -0.05) is 117 Å². The minimum absolute atomic E-state index is 0.188. The average molecular weight is 777 g/mol. The van der Waals surface area contributed by atoms with Crippen LogP contribution in [0.15, 0.2) is 18.2 Å². The SMILES string of the molecule is CCCCCCCCCCC(O)CN(CCCCC(=O)Oc1c(OC)cc(/C=C/C(=O)OCCCN(C)C)cc1OC)CC(O)CCCCCCCCCC. The highest BCUT2D eigenvalue weighted by molar-refractivity contribution is 5.87. The summed E-state index contributed by atoms with van der Waals surface area (Å²) in [4.78, 5) is 29.4. The Bertz CT molecular complexity index is 1090. The number of esters is 2. The van der Waals surface area contributed by atoms with Crippen LogP contribution in [0.1, 0.15) is 161 Å². The molecule has 0 aromatic heterocycles. The van der Waals surface area contributed by atoms with Gasteiger partial charge in [0.05, 0.1) is 33.0 Å². The Morgan fingerprint density at radius 2 is 1.16 bits per heavy atom. The van der Waals surface area contributed by atoms with Crippen LogP contribution in [-0.2, 0) is 14.3 Å². The Morgan fingerprint density at radius 3 is 1.64 bits per heavy atom. The summed E-state index contributed by atoms with van der Waals surface area (Å²) in [5.41, 5.74) is 0.632. The Balaban J connectivity index is 2.68. The summed E-state index contributed by atoms with van der Waals surface area (Å²) >= 11 is 0. The summed E-state index contributed by atoms with van der Waals surface area (Å²) < 4.78 is 22.1. The van der Waals surface area contributed by atoms with Gasteiger partial charge in [-0.2, -0.15) is 0 Å². The van der Waals surface area contributed by atoms with E-state index in [4.69, 9.17) is 18.9 Å². The van der Waals surface area contributed by atoms with Crippen LogP contribution in [0.25, 0.3) is 6.08 Å². The number of carbonyl (C=O) groups excluding carboxylic acids is 2. The lowest BCUT2D eigenvalue weighted by Gasteiger charge is -2.27. The molecule has 318 valence electrons. The molecule has 0 aliphatic rings. The molecule has 0 aliphatic carbocycles. The standard InChI is InChI=1S/C45H80N2O8/c1-7-9-11-13-15-17-19-21-26-39(48)36-47(37-40(49)27-22-20-18-16-14-12-10-8-2)32-24-23-28-44(51)55-45-41(52-5)34-38(35-42(45)53-6)29-30-43(50)54-33-25-31-46(3)4/h29-30,34-35,39-40,48-49H,7-28,31-33,36-37H2,1-6H3/b30-29+. The number of methoxy groups -OCH3 is 2. The molecule has 0 heterocycles. The Labute approximate surface area is 335 Å². The highest BCUT2D eigenvalue weighted by Crippen LogP contribution is 2.39. The average Bonchev–Trinajstić information content (AvgIpc) is 3.16. The molecule has 0 spiro atoms. The third kappa shape index (κ3) is 26.8. The fourth-order valence-corrected chi connectivity index (χ4v) is 6.70. The van der Waals surface area contributed by atoms with Gasteiger partial charge in [0.2, 0.25) is 5.75 Å². The number of ether oxygens (including phenoxy) is 4. The van der Waals surface area contributed by atoms with Crippen LogP contribution in [0.4, 0.5) is 0 Å². The van der Waals surface area contributed by atoms with E-state index in [9.17, 15) is 19.8 Å². The van der Waals surface area contributed by atoms with Crippen molar-refractivity contribution in [3.63, 3.8) is 0 Å². The molecule has 0 saturated carbocycles. The van der Waals surface area contributed by atoms with Gasteiger partial charge in [-0.15, -0.1) is 0 Å². The zero-order valence-corrected chi connectivity index (χ0v) is 35.8. The van der Waals surface area contributed by atoms with Gasteiger partial charge in [-0.05, 0) is 76.5 Å². The van der Waals surface area contributed by atoms with E-state index >= 15 is 0 Å². The number of aliphatic hydroxyl groups is 2. The molecule has 0 aliphatic heterocycles. The Kier molecular flexibility index (Phi) is 30.7. The number of unbranched alkanes of at least 4 members (excludes halogenated alkanes) is 15. The predicted molar refractivity (Wildman–Crippen MR) is 225 cm³/mol. The Morgan fingerprint density at radius 1 is 0.673 bits per heavy atom. The molecule has 1 rings (SSSR count). The van der Waals surface area contributed by atoms with Crippen molar-refractivity contribution in [3.8, 4) is 17.2 Å². The van der Waals surface area contributed by atoms with Crippen LogP contribution in [0.2, 0.25) is 0 Å². The van der Waals surface area contributed by atoms with Crippen molar-refractivity contribution in [1.82, 2.24) is 9.80 Å². The van der Waals surface area contributed by atoms with Gasteiger partial charge < -0.3 is 34.1 Å². The van der Waals surface area contributed by atoms with Crippen molar-refractivity contribution in [1.29, 1.82) is 0 Å². The highest BCUT2D eigenvalue weighted by atomic mass is 16.6. The normalized spacial score (nSPS) is 12.8. The van der Waals surface area contributed by atoms with E-state index in [1.807, 2.05) is 19.0 Å². The number of hydrogen-bond acceptors (Lipinski definition) is 10. The van der Waals surface area contributed by atoms with Gasteiger partial charge in [0, 0.05) is 32.1 Å². The second kappa shape index (κ2) is 33.5. The van der Waals surface area contributed by atoms with Crippen LogP contribution in [0.3, 0.4) is 0 Å². The first kappa shape index (κ1) is 50.4. The summed E-state index contributed by atoms with van der Waals surface area (Å²) in [6.07, 6.45) is 25.6. The highest BCUT2D eigenvalue weighted by Gasteiger charge is 2.19. The van der Waals surface area contributed by atoms with Crippen molar-refractivity contribution in [2.75, 3.05) is 61.1 Å². The quantitative estimate of drug-likeness (QED) is 0.0296. The first-order chi connectivity index (χ1) is 26.6. The third-order valence-corrected chi connectivity index (χ3v) is 9.93. The predicted octanol–water partition coefficient (Wildman–Crippen LogP) is 9.37. The van der Waals surface area contributed by atoms with E-state index in [1.54, 1.807) is 18.2 Å². The summed E-state index contributed by atoms with van der Waals surface area (Å²) in [6.45, 7) is 7.38.